The third-order valence-corrected chi connectivity index (χ3v) is 5.24. The maximum Gasteiger partial charge on any atom is 0.318 e. The summed E-state index contributed by atoms with van der Waals surface area (Å²) in [6.07, 6.45) is 1.66. The summed E-state index contributed by atoms with van der Waals surface area (Å²) in [5, 5.41) is 31.8. The number of nitro benzene ring substituents is 2. The fraction of sp³-hybridized carbons (Fsp3) is 0.0833. The molecule has 34 heavy (non-hydrogen) atoms. The van der Waals surface area contributed by atoms with Crippen LogP contribution in [0.5, 0.6) is 11.5 Å². The van der Waals surface area contributed by atoms with E-state index in [1.807, 2.05) is 26.0 Å². The van der Waals surface area contributed by atoms with E-state index >= 15 is 0 Å². The molecule has 0 spiro atoms. The van der Waals surface area contributed by atoms with Crippen molar-refractivity contribution in [1.29, 1.82) is 5.26 Å². The number of imidazole rings is 1. The van der Waals surface area contributed by atoms with Crippen molar-refractivity contribution in [2.45, 2.75) is 13.8 Å². The number of hydrogen-bond donors (Lipinski definition) is 1. The molecule has 0 fully saturated rings. The number of aromatic nitrogens is 2. The first-order chi connectivity index (χ1) is 16.2. The molecule has 1 N–H and O–H groups in total. The lowest BCUT2D eigenvalue weighted by atomic mass is 10.1. The lowest BCUT2D eigenvalue weighted by Crippen LogP contribution is -1.96. The van der Waals surface area contributed by atoms with Gasteiger partial charge >= 0.3 is 5.69 Å². The van der Waals surface area contributed by atoms with Gasteiger partial charge in [0.15, 0.2) is 0 Å². The molecule has 0 radical (unpaired) electrons. The molecule has 0 saturated heterocycles. The molecular weight excluding hydrogens is 438 g/mol. The Balaban J connectivity index is 1.60. The predicted molar refractivity (Wildman–Crippen MR) is 125 cm³/mol. The highest BCUT2D eigenvalue weighted by atomic mass is 16.6. The van der Waals surface area contributed by atoms with Crippen molar-refractivity contribution in [3.63, 3.8) is 0 Å². The fourth-order valence-corrected chi connectivity index (χ4v) is 3.32. The zero-order valence-electron chi connectivity index (χ0n) is 18.1. The number of nitro groups is 2. The van der Waals surface area contributed by atoms with E-state index in [1.165, 1.54) is 6.07 Å². The van der Waals surface area contributed by atoms with Gasteiger partial charge in [0, 0.05) is 6.07 Å². The highest BCUT2D eigenvalue weighted by molar-refractivity contribution is 5.90. The lowest BCUT2D eigenvalue weighted by Gasteiger charge is -2.06. The number of nitrogens with zero attached hydrogens (tertiary/aromatic N) is 4. The van der Waals surface area contributed by atoms with Gasteiger partial charge in [-0.25, -0.2) is 4.98 Å². The second kappa shape index (κ2) is 8.84. The molecule has 0 aliphatic rings. The van der Waals surface area contributed by atoms with Crippen molar-refractivity contribution < 1.29 is 14.6 Å². The van der Waals surface area contributed by atoms with Crippen LogP contribution in [-0.2, 0) is 0 Å². The lowest BCUT2D eigenvalue weighted by molar-refractivity contribution is -0.394. The molecule has 0 unspecified atom stereocenters. The van der Waals surface area contributed by atoms with Gasteiger partial charge in [0.1, 0.15) is 17.6 Å². The molecule has 4 rings (SSSR count). The average Bonchev–Trinajstić information content (AvgIpc) is 3.21. The molecule has 168 valence electrons. The molecule has 1 heterocycles. The molecule has 0 amide bonds. The number of aromatic amines is 1. The van der Waals surface area contributed by atoms with Crippen LogP contribution in [0.1, 0.15) is 22.5 Å². The summed E-state index contributed by atoms with van der Waals surface area (Å²) >= 11 is 0. The predicted octanol–water partition coefficient (Wildman–Crippen LogP) is 5.85. The summed E-state index contributed by atoms with van der Waals surface area (Å²) in [7, 11) is 0. The summed E-state index contributed by atoms with van der Waals surface area (Å²) in [6, 6.07) is 15.8. The van der Waals surface area contributed by atoms with E-state index in [4.69, 9.17) is 4.74 Å². The molecule has 0 aliphatic heterocycles. The number of hydrogen-bond acceptors (Lipinski definition) is 7. The smallest absolute Gasteiger partial charge is 0.318 e. The van der Waals surface area contributed by atoms with Gasteiger partial charge in [-0.05, 0) is 66.9 Å². The Morgan fingerprint density at radius 2 is 1.74 bits per heavy atom. The van der Waals surface area contributed by atoms with Gasteiger partial charge in [-0.3, -0.25) is 20.2 Å². The number of non-ortho nitro benzene ring substituents is 1. The van der Waals surface area contributed by atoms with Crippen LogP contribution < -0.4 is 4.74 Å². The van der Waals surface area contributed by atoms with E-state index in [0.717, 1.165) is 34.3 Å². The molecule has 0 aliphatic carbocycles. The van der Waals surface area contributed by atoms with Crippen molar-refractivity contribution in [3.05, 3.63) is 97.3 Å². The molecule has 10 nitrogen and oxygen atoms in total. The Labute approximate surface area is 193 Å². The zero-order chi connectivity index (χ0) is 24.4. The topological polar surface area (TPSA) is 148 Å². The van der Waals surface area contributed by atoms with Crippen LogP contribution in [-0.4, -0.2) is 19.8 Å². The maximum absolute atomic E-state index is 11.3. The average molecular weight is 455 g/mol. The van der Waals surface area contributed by atoms with Gasteiger partial charge in [-0.2, -0.15) is 5.26 Å². The van der Waals surface area contributed by atoms with Gasteiger partial charge in [0.2, 0.25) is 5.75 Å². The Bertz CT molecular complexity index is 1470. The second-order valence-electron chi connectivity index (χ2n) is 7.55. The largest absolute Gasteiger partial charge is 0.450 e. The molecule has 0 bridgehead atoms. The monoisotopic (exact) mass is 455 g/mol. The summed E-state index contributed by atoms with van der Waals surface area (Å²) in [4.78, 5) is 28.4. The highest BCUT2D eigenvalue weighted by Gasteiger charge is 2.21. The summed E-state index contributed by atoms with van der Waals surface area (Å²) in [6.45, 7) is 4.00. The van der Waals surface area contributed by atoms with Crippen molar-refractivity contribution in [3.8, 4) is 17.6 Å². The van der Waals surface area contributed by atoms with Crippen molar-refractivity contribution in [1.82, 2.24) is 9.97 Å². The third kappa shape index (κ3) is 4.44. The zero-order valence-corrected chi connectivity index (χ0v) is 18.1. The first-order valence-corrected chi connectivity index (χ1v) is 10.0. The van der Waals surface area contributed by atoms with Gasteiger partial charge in [0.05, 0.1) is 32.5 Å². The Morgan fingerprint density at radius 3 is 2.38 bits per heavy atom. The SMILES string of the molecule is Cc1cc2nc(/C(C#N)=C/c3ccc(Oc4ccc([N+](=O)[O-])cc4[N+](=O)[O-])cc3)[nH]c2cc1C. The fourth-order valence-electron chi connectivity index (χ4n) is 3.32. The molecule has 0 atom stereocenters. The number of rotatable bonds is 6. The first kappa shape index (κ1) is 22.2. The van der Waals surface area contributed by atoms with Crippen LogP contribution in [0, 0.1) is 45.4 Å². The number of ether oxygens (including phenoxy) is 1. The van der Waals surface area contributed by atoms with E-state index < -0.39 is 21.2 Å². The van der Waals surface area contributed by atoms with Crippen LogP contribution in [0.4, 0.5) is 11.4 Å². The minimum Gasteiger partial charge on any atom is -0.450 e. The van der Waals surface area contributed by atoms with Gasteiger partial charge in [-0.1, -0.05) is 12.1 Å². The Hall–Kier alpha value is -5.04. The summed E-state index contributed by atoms with van der Waals surface area (Å²) < 4.78 is 5.57. The molecule has 3 aromatic carbocycles. The van der Waals surface area contributed by atoms with Crippen LogP contribution in [0.3, 0.4) is 0 Å². The molecule has 10 heteroatoms. The number of aryl methyl sites for hydroxylation is 2. The van der Waals surface area contributed by atoms with Crippen molar-refractivity contribution >= 4 is 34.1 Å². The van der Waals surface area contributed by atoms with Crippen LogP contribution in [0.25, 0.3) is 22.7 Å². The number of allylic oxidation sites excluding steroid dienone is 1. The Morgan fingerprint density at radius 1 is 1.03 bits per heavy atom. The number of fused-ring (bicyclic) bond motifs is 1. The molecule has 0 saturated carbocycles. The standard InChI is InChI=1S/C24H17N5O5/c1-14-9-20-21(10-15(14)2)27-24(26-20)17(13-25)11-16-3-6-19(7-4-16)34-23-8-5-18(28(30)31)12-22(23)29(32)33/h3-12H,1-2H3,(H,26,27)/b17-11+. The van der Waals surface area contributed by atoms with E-state index in [-0.39, 0.29) is 5.75 Å². The van der Waals surface area contributed by atoms with Gasteiger partial charge < -0.3 is 9.72 Å². The number of H-pyrrole nitrogens is 1. The minimum absolute atomic E-state index is 0.121. The van der Waals surface area contributed by atoms with E-state index in [1.54, 1.807) is 30.3 Å². The van der Waals surface area contributed by atoms with Crippen LogP contribution in [0.2, 0.25) is 0 Å². The molecule has 4 aromatic rings. The molecule has 1 aromatic heterocycles. The number of nitriles is 1. The quantitative estimate of drug-likeness (QED) is 0.218. The van der Waals surface area contributed by atoms with Crippen molar-refractivity contribution in [2.75, 3.05) is 0 Å². The number of nitrogens with one attached hydrogen (secondary N) is 1. The van der Waals surface area contributed by atoms with Gasteiger partial charge in [0.25, 0.3) is 5.69 Å². The minimum atomic E-state index is -0.741. The molecular formula is C24H17N5O5. The van der Waals surface area contributed by atoms with Crippen LogP contribution in [0.15, 0.2) is 54.6 Å². The number of benzene rings is 3. The van der Waals surface area contributed by atoms with Crippen LogP contribution >= 0.6 is 0 Å². The van der Waals surface area contributed by atoms with Crippen molar-refractivity contribution in [2.24, 2.45) is 0 Å². The first-order valence-electron chi connectivity index (χ1n) is 10.0. The second-order valence-corrected chi connectivity index (χ2v) is 7.55. The van der Waals surface area contributed by atoms with Gasteiger partial charge in [-0.15, -0.1) is 0 Å². The highest BCUT2D eigenvalue weighted by Crippen LogP contribution is 2.34. The summed E-state index contributed by atoms with van der Waals surface area (Å²) in [5.74, 6) is 0.621. The van der Waals surface area contributed by atoms with E-state index in [2.05, 4.69) is 16.0 Å². The maximum atomic E-state index is 11.3. The normalized spacial score (nSPS) is 11.3. The van der Waals surface area contributed by atoms with E-state index in [9.17, 15) is 25.5 Å². The summed E-state index contributed by atoms with van der Waals surface area (Å²) in [5.41, 5.74) is 3.95. The Kier molecular flexibility index (Phi) is 5.76. The van der Waals surface area contributed by atoms with E-state index in [0.29, 0.717) is 22.7 Å². The third-order valence-electron chi connectivity index (χ3n) is 5.24.